The minimum atomic E-state index is -5.28. The summed E-state index contributed by atoms with van der Waals surface area (Å²) in [5, 5.41) is 19.7. The van der Waals surface area contributed by atoms with Crippen molar-refractivity contribution in [2.45, 2.75) is 44.1 Å². The number of aliphatic hydroxyl groups is 1. The van der Waals surface area contributed by atoms with Crippen LogP contribution in [-0.4, -0.2) is 58.5 Å². The number of alkyl halides is 3. The molecule has 12 heteroatoms. The quantitative estimate of drug-likeness (QED) is 0.567. The first-order valence-corrected chi connectivity index (χ1v) is 9.75. The highest BCUT2D eigenvalue weighted by atomic mass is 35.5. The van der Waals surface area contributed by atoms with Crippen molar-refractivity contribution in [2.24, 2.45) is 11.7 Å². The van der Waals surface area contributed by atoms with Crippen molar-refractivity contribution in [2.75, 3.05) is 13.2 Å². The Morgan fingerprint density at radius 1 is 1.33 bits per heavy atom. The molecule has 0 unspecified atom stereocenters. The number of likely N-dealkylation sites (tertiary alicyclic amines) is 1. The molecule has 4 N–H and O–H groups in total. The number of phenolic OH excluding ortho intramolecular Hbond substituents is 1. The third-order valence-electron chi connectivity index (χ3n) is 5.06. The molecule has 2 rings (SSSR count). The maximum absolute atomic E-state index is 12.5. The molecular formula is C18H21Cl2F3N2O5. The molecule has 1 fully saturated rings. The Bertz CT molecular complexity index is 809. The fourth-order valence-corrected chi connectivity index (χ4v) is 3.81. The number of amides is 1. The van der Waals surface area contributed by atoms with Gasteiger partial charge in [-0.05, 0) is 31.7 Å². The molecular weight excluding hydrogens is 452 g/mol. The molecule has 1 aliphatic heterocycles. The van der Waals surface area contributed by atoms with E-state index in [2.05, 4.69) is 4.74 Å². The SMILES string of the molecule is C[C@@H]1C[C@@H]([C@@H](N)c2cc(Cl)c(Cl)cc2O)CCN1C(=O)[C@@H](CO)OC(=O)C(F)(F)F. The Hall–Kier alpha value is -1.75. The number of esters is 1. The summed E-state index contributed by atoms with van der Waals surface area (Å²) >= 11 is 11.8. The van der Waals surface area contributed by atoms with Crippen LogP contribution in [0.15, 0.2) is 12.1 Å². The van der Waals surface area contributed by atoms with Gasteiger partial charge in [-0.3, -0.25) is 4.79 Å². The average molecular weight is 473 g/mol. The number of nitrogens with zero attached hydrogens (tertiary/aromatic N) is 1. The second kappa shape index (κ2) is 9.59. The molecule has 1 amide bonds. The molecule has 0 saturated carbocycles. The number of nitrogens with two attached hydrogens (primary N) is 1. The van der Waals surface area contributed by atoms with Crippen LogP contribution in [0.4, 0.5) is 13.2 Å². The molecule has 1 heterocycles. The number of benzene rings is 1. The van der Waals surface area contributed by atoms with Crippen molar-refractivity contribution in [3.05, 3.63) is 27.7 Å². The number of carbonyl (C=O) groups is 2. The summed E-state index contributed by atoms with van der Waals surface area (Å²) in [5.41, 5.74) is 6.66. The van der Waals surface area contributed by atoms with E-state index in [1.165, 1.54) is 17.0 Å². The number of carbonyl (C=O) groups excluding carboxylic acids is 2. The molecule has 0 spiro atoms. The zero-order valence-electron chi connectivity index (χ0n) is 15.8. The lowest BCUT2D eigenvalue weighted by atomic mass is 9.82. The van der Waals surface area contributed by atoms with Crippen LogP contribution in [-0.2, 0) is 14.3 Å². The molecule has 1 aliphatic rings. The van der Waals surface area contributed by atoms with Crippen LogP contribution >= 0.6 is 23.2 Å². The fourth-order valence-electron chi connectivity index (χ4n) is 3.48. The summed E-state index contributed by atoms with van der Waals surface area (Å²) in [5.74, 6) is -3.78. The predicted octanol–water partition coefficient (Wildman–Crippen LogP) is 2.79. The average Bonchev–Trinajstić information content (AvgIpc) is 2.66. The standard InChI is InChI=1S/C18H21Cl2F3N2O5/c1-8-4-9(15(24)10-5-11(19)12(20)6-13(10)27)2-3-25(8)16(28)14(7-26)30-17(29)18(21,22)23/h5-6,8-9,14-15,26-27H,2-4,7,24H2,1H3/t8-,9+,14-,15-/m1/s1. The largest absolute Gasteiger partial charge is 0.508 e. The summed E-state index contributed by atoms with van der Waals surface area (Å²) in [7, 11) is 0. The van der Waals surface area contributed by atoms with Crippen LogP contribution in [0.25, 0.3) is 0 Å². The maximum Gasteiger partial charge on any atom is 0.490 e. The first-order chi connectivity index (χ1) is 13.9. The lowest BCUT2D eigenvalue weighted by Gasteiger charge is -2.41. The molecule has 7 nitrogen and oxygen atoms in total. The van der Waals surface area contributed by atoms with Crippen molar-refractivity contribution >= 4 is 35.1 Å². The third kappa shape index (κ3) is 5.48. The number of ether oxygens (including phenoxy) is 1. The van der Waals surface area contributed by atoms with Crippen molar-refractivity contribution < 1.29 is 37.7 Å². The molecule has 0 aliphatic carbocycles. The zero-order chi connectivity index (χ0) is 22.8. The van der Waals surface area contributed by atoms with Crippen LogP contribution < -0.4 is 5.73 Å². The molecule has 0 aromatic heterocycles. The summed E-state index contributed by atoms with van der Waals surface area (Å²) in [6, 6.07) is 1.65. The molecule has 1 aromatic carbocycles. The van der Waals surface area contributed by atoms with E-state index in [1.54, 1.807) is 6.92 Å². The van der Waals surface area contributed by atoms with E-state index in [1.807, 2.05) is 0 Å². The number of rotatable bonds is 5. The first-order valence-electron chi connectivity index (χ1n) is 8.99. The van der Waals surface area contributed by atoms with Crippen LogP contribution in [0.1, 0.15) is 31.4 Å². The van der Waals surface area contributed by atoms with Gasteiger partial charge in [0.25, 0.3) is 5.91 Å². The topological polar surface area (TPSA) is 113 Å². The Labute approximate surface area is 180 Å². The van der Waals surface area contributed by atoms with E-state index in [4.69, 9.17) is 28.9 Å². The van der Waals surface area contributed by atoms with Gasteiger partial charge in [-0.1, -0.05) is 23.2 Å². The van der Waals surface area contributed by atoms with E-state index in [0.717, 1.165) is 0 Å². The second-order valence-electron chi connectivity index (χ2n) is 7.09. The fraction of sp³-hybridized carbons (Fsp3) is 0.556. The van der Waals surface area contributed by atoms with Crippen LogP contribution in [0.2, 0.25) is 10.0 Å². The van der Waals surface area contributed by atoms with E-state index in [-0.39, 0.29) is 28.3 Å². The van der Waals surface area contributed by atoms with Gasteiger partial charge in [0.1, 0.15) is 5.75 Å². The normalized spacial score (nSPS) is 21.8. The van der Waals surface area contributed by atoms with Gasteiger partial charge in [0, 0.05) is 30.3 Å². The van der Waals surface area contributed by atoms with Crippen molar-refractivity contribution in [3.8, 4) is 5.75 Å². The van der Waals surface area contributed by atoms with Crippen molar-refractivity contribution in [1.29, 1.82) is 0 Å². The van der Waals surface area contributed by atoms with Crippen molar-refractivity contribution in [3.63, 3.8) is 0 Å². The van der Waals surface area contributed by atoms with Gasteiger partial charge in [0.15, 0.2) is 0 Å². The number of hydrogen-bond donors (Lipinski definition) is 3. The van der Waals surface area contributed by atoms with E-state index in [0.29, 0.717) is 18.4 Å². The molecule has 1 saturated heterocycles. The number of halogens is 5. The van der Waals surface area contributed by atoms with Crippen LogP contribution in [0.3, 0.4) is 0 Å². The van der Waals surface area contributed by atoms with Gasteiger partial charge >= 0.3 is 12.1 Å². The zero-order valence-corrected chi connectivity index (χ0v) is 17.3. The van der Waals surface area contributed by atoms with E-state index < -0.39 is 42.8 Å². The highest BCUT2D eigenvalue weighted by molar-refractivity contribution is 6.42. The summed E-state index contributed by atoms with van der Waals surface area (Å²) in [4.78, 5) is 24.7. The minimum absolute atomic E-state index is 0.112. The number of aromatic hydroxyl groups is 1. The summed E-state index contributed by atoms with van der Waals surface area (Å²) in [6.07, 6.45) is -6.51. The molecule has 1 aromatic rings. The third-order valence-corrected chi connectivity index (χ3v) is 5.78. The Morgan fingerprint density at radius 2 is 1.93 bits per heavy atom. The smallest absolute Gasteiger partial charge is 0.490 e. The van der Waals surface area contributed by atoms with Crippen LogP contribution in [0, 0.1) is 5.92 Å². The lowest BCUT2D eigenvalue weighted by Crippen LogP contribution is -2.52. The molecule has 168 valence electrons. The Balaban J connectivity index is 2.08. The molecule has 0 radical (unpaired) electrons. The summed E-state index contributed by atoms with van der Waals surface area (Å²) in [6.45, 7) is 0.690. The first kappa shape index (κ1) is 24.5. The van der Waals surface area contributed by atoms with E-state index in [9.17, 15) is 33.0 Å². The van der Waals surface area contributed by atoms with Gasteiger partial charge in [-0.2, -0.15) is 13.2 Å². The maximum atomic E-state index is 12.5. The van der Waals surface area contributed by atoms with E-state index >= 15 is 0 Å². The highest BCUT2D eigenvalue weighted by Crippen LogP contribution is 2.39. The molecule has 4 atom stereocenters. The Kier molecular flexibility index (Phi) is 7.84. The predicted molar refractivity (Wildman–Crippen MR) is 102 cm³/mol. The van der Waals surface area contributed by atoms with Gasteiger partial charge < -0.3 is 25.6 Å². The van der Waals surface area contributed by atoms with Gasteiger partial charge in [0.05, 0.1) is 16.7 Å². The second-order valence-corrected chi connectivity index (χ2v) is 7.90. The van der Waals surface area contributed by atoms with Crippen LogP contribution in [0.5, 0.6) is 5.75 Å². The number of piperidine rings is 1. The minimum Gasteiger partial charge on any atom is -0.508 e. The van der Waals surface area contributed by atoms with Gasteiger partial charge in [-0.15, -0.1) is 0 Å². The monoisotopic (exact) mass is 472 g/mol. The summed E-state index contributed by atoms with van der Waals surface area (Å²) < 4.78 is 41.3. The number of phenols is 1. The Morgan fingerprint density at radius 3 is 2.47 bits per heavy atom. The number of hydrogen-bond acceptors (Lipinski definition) is 6. The van der Waals surface area contributed by atoms with Crippen molar-refractivity contribution in [1.82, 2.24) is 4.90 Å². The van der Waals surface area contributed by atoms with Gasteiger partial charge in [-0.25, -0.2) is 4.79 Å². The molecule has 0 bridgehead atoms. The highest BCUT2D eigenvalue weighted by Gasteiger charge is 2.44. The molecule has 30 heavy (non-hydrogen) atoms. The number of aliphatic hydroxyl groups excluding tert-OH is 1. The van der Waals surface area contributed by atoms with Gasteiger partial charge in [0.2, 0.25) is 6.10 Å². The lowest BCUT2D eigenvalue weighted by molar-refractivity contribution is -0.208.